The lowest BCUT2D eigenvalue weighted by Crippen LogP contribution is -2.47. The maximum atomic E-state index is 4.66. The van der Waals surface area contributed by atoms with Crippen molar-refractivity contribution in [3.8, 4) is 0 Å². The van der Waals surface area contributed by atoms with E-state index in [2.05, 4.69) is 75.4 Å². The topological polar surface area (TPSA) is 67.1 Å². The molecular formula is C21H33IN6. The summed E-state index contributed by atoms with van der Waals surface area (Å²) in [7, 11) is 1.83. The molecule has 6 nitrogen and oxygen atoms in total. The first kappa shape index (κ1) is 22.6. The monoisotopic (exact) mass is 496 g/mol. The van der Waals surface area contributed by atoms with Crippen molar-refractivity contribution in [3.05, 3.63) is 47.0 Å². The summed E-state index contributed by atoms with van der Waals surface area (Å²) < 4.78 is 2.05. The molecule has 0 saturated carbocycles. The highest BCUT2D eigenvalue weighted by molar-refractivity contribution is 14.0. The van der Waals surface area contributed by atoms with Gasteiger partial charge in [0.2, 0.25) is 0 Å². The van der Waals surface area contributed by atoms with E-state index < -0.39 is 0 Å². The van der Waals surface area contributed by atoms with Crippen molar-refractivity contribution in [2.45, 2.75) is 65.0 Å². The average Bonchev–Trinajstić information content (AvgIpc) is 3.11. The van der Waals surface area contributed by atoms with Crippen molar-refractivity contribution >= 4 is 29.9 Å². The molecule has 0 amide bonds. The second-order valence-corrected chi connectivity index (χ2v) is 7.52. The summed E-state index contributed by atoms with van der Waals surface area (Å²) in [5.74, 6) is 3.28. The summed E-state index contributed by atoms with van der Waals surface area (Å²) in [6.45, 7) is 8.17. The van der Waals surface area contributed by atoms with Gasteiger partial charge in [0.05, 0.1) is 6.54 Å². The molecule has 3 rings (SSSR count). The van der Waals surface area contributed by atoms with E-state index in [-0.39, 0.29) is 24.0 Å². The van der Waals surface area contributed by atoms with Crippen molar-refractivity contribution in [3.63, 3.8) is 0 Å². The minimum atomic E-state index is 0. The normalized spacial score (nSPS) is 16.5. The summed E-state index contributed by atoms with van der Waals surface area (Å²) in [5, 5.41) is 11.6. The molecule has 2 N–H and O–H groups in total. The fourth-order valence-electron chi connectivity index (χ4n) is 3.35. The molecule has 1 unspecified atom stereocenters. The third-order valence-corrected chi connectivity index (χ3v) is 5.09. The molecule has 154 valence electrons. The lowest BCUT2D eigenvalue weighted by Gasteiger charge is -2.25. The standard InChI is InChI=1S/C21H32N6.HI/c1-5-16-6-8-17(9-7-16)12-13-23-21(22-4)24-18-10-11-19-25-20(15(2)3)26-27(19)14-18;/h6-9,15,18H,5,10-14H2,1-4H3,(H2,22,23,24);1H. The van der Waals surface area contributed by atoms with Crippen LogP contribution < -0.4 is 10.6 Å². The molecule has 1 aliphatic rings. The van der Waals surface area contributed by atoms with Crippen LogP contribution in [0.4, 0.5) is 0 Å². The zero-order chi connectivity index (χ0) is 19.2. The Morgan fingerprint density at radius 1 is 1.25 bits per heavy atom. The van der Waals surface area contributed by atoms with Gasteiger partial charge in [-0.25, -0.2) is 9.67 Å². The molecule has 0 radical (unpaired) electrons. The van der Waals surface area contributed by atoms with Gasteiger partial charge in [0.15, 0.2) is 11.8 Å². The van der Waals surface area contributed by atoms with Crippen molar-refractivity contribution in [1.82, 2.24) is 25.4 Å². The number of nitrogens with one attached hydrogen (secondary N) is 2. The first-order chi connectivity index (χ1) is 13.1. The fourth-order valence-corrected chi connectivity index (χ4v) is 3.35. The summed E-state index contributed by atoms with van der Waals surface area (Å²) in [5.41, 5.74) is 2.73. The van der Waals surface area contributed by atoms with E-state index in [1.54, 1.807) is 0 Å². The third kappa shape index (κ3) is 5.93. The quantitative estimate of drug-likeness (QED) is 0.366. The first-order valence-corrected chi connectivity index (χ1v) is 10.1. The largest absolute Gasteiger partial charge is 0.356 e. The Hall–Kier alpha value is -1.64. The summed E-state index contributed by atoms with van der Waals surface area (Å²) >= 11 is 0. The molecule has 28 heavy (non-hydrogen) atoms. The van der Waals surface area contributed by atoms with Gasteiger partial charge in [-0.2, -0.15) is 5.10 Å². The van der Waals surface area contributed by atoms with Gasteiger partial charge in [-0.1, -0.05) is 45.0 Å². The number of fused-ring (bicyclic) bond motifs is 1. The zero-order valence-corrected chi connectivity index (χ0v) is 19.7. The second-order valence-electron chi connectivity index (χ2n) is 7.52. The van der Waals surface area contributed by atoms with Crippen LogP contribution in [0, 0.1) is 0 Å². The van der Waals surface area contributed by atoms with Crippen LogP contribution in [0.1, 0.15) is 55.9 Å². The molecule has 0 fully saturated rings. The Kier molecular flexibility index (Phi) is 8.72. The molecule has 0 bridgehead atoms. The number of hydrogen-bond donors (Lipinski definition) is 2. The van der Waals surface area contributed by atoms with Gasteiger partial charge in [0, 0.05) is 32.0 Å². The molecular weight excluding hydrogens is 463 g/mol. The zero-order valence-electron chi connectivity index (χ0n) is 17.4. The first-order valence-electron chi connectivity index (χ1n) is 10.1. The molecule has 2 aromatic rings. The van der Waals surface area contributed by atoms with Crippen LogP contribution in [0.25, 0.3) is 0 Å². The smallest absolute Gasteiger partial charge is 0.191 e. The Balaban J connectivity index is 0.00000280. The van der Waals surface area contributed by atoms with Crippen LogP contribution in [0.15, 0.2) is 29.3 Å². The van der Waals surface area contributed by atoms with Gasteiger partial charge in [-0.3, -0.25) is 4.99 Å². The fraction of sp³-hybridized carbons (Fsp3) is 0.571. The maximum absolute atomic E-state index is 4.66. The van der Waals surface area contributed by atoms with Gasteiger partial charge in [-0.15, -0.1) is 24.0 Å². The van der Waals surface area contributed by atoms with E-state index in [0.29, 0.717) is 12.0 Å². The van der Waals surface area contributed by atoms with Crippen LogP contribution in [-0.2, 0) is 25.8 Å². The van der Waals surface area contributed by atoms with Crippen LogP contribution in [0.5, 0.6) is 0 Å². The van der Waals surface area contributed by atoms with E-state index in [9.17, 15) is 0 Å². The number of hydrogen-bond acceptors (Lipinski definition) is 3. The predicted octanol–water partition coefficient (Wildman–Crippen LogP) is 3.30. The number of benzene rings is 1. The molecule has 0 saturated heterocycles. The van der Waals surface area contributed by atoms with Gasteiger partial charge < -0.3 is 10.6 Å². The number of rotatable bonds is 6. The van der Waals surface area contributed by atoms with E-state index in [4.69, 9.17) is 0 Å². The van der Waals surface area contributed by atoms with Crippen LogP contribution in [0.2, 0.25) is 0 Å². The van der Waals surface area contributed by atoms with Crippen LogP contribution in [0.3, 0.4) is 0 Å². The Morgan fingerprint density at radius 3 is 2.61 bits per heavy atom. The van der Waals surface area contributed by atoms with Gasteiger partial charge in [0.25, 0.3) is 0 Å². The van der Waals surface area contributed by atoms with Crippen LogP contribution >= 0.6 is 24.0 Å². The molecule has 1 aliphatic heterocycles. The maximum Gasteiger partial charge on any atom is 0.191 e. The van der Waals surface area contributed by atoms with Crippen molar-refractivity contribution < 1.29 is 0 Å². The highest BCUT2D eigenvalue weighted by Crippen LogP contribution is 2.16. The predicted molar refractivity (Wildman–Crippen MR) is 126 cm³/mol. The number of aromatic nitrogens is 3. The van der Waals surface area contributed by atoms with Crippen LogP contribution in [-0.4, -0.2) is 40.4 Å². The van der Waals surface area contributed by atoms with Gasteiger partial charge in [-0.05, 0) is 30.4 Å². The summed E-state index contributed by atoms with van der Waals surface area (Å²) in [6.07, 6.45) is 4.08. The molecule has 0 aliphatic carbocycles. The van der Waals surface area contributed by atoms with E-state index in [1.165, 1.54) is 11.1 Å². The number of halogens is 1. The highest BCUT2D eigenvalue weighted by atomic mass is 127. The molecule has 1 aromatic carbocycles. The third-order valence-electron chi connectivity index (χ3n) is 5.09. The highest BCUT2D eigenvalue weighted by Gasteiger charge is 2.23. The van der Waals surface area contributed by atoms with E-state index in [1.807, 2.05) is 7.05 Å². The summed E-state index contributed by atoms with van der Waals surface area (Å²) in [4.78, 5) is 9.04. The van der Waals surface area contributed by atoms with E-state index in [0.717, 1.165) is 56.4 Å². The van der Waals surface area contributed by atoms with Crippen molar-refractivity contribution in [2.24, 2.45) is 4.99 Å². The minimum Gasteiger partial charge on any atom is -0.356 e. The second kappa shape index (κ2) is 10.8. The Bertz CT molecular complexity index is 766. The minimum absolute atomic E-state index is 0. The number of guanidine groups is 1. The lowest BCUT2D eigenvalue weighted by atomic mass is 10.1. The number of aryl methyl sites for hydroxylation is 2. The number of nitrogens with zero attached hydrogens (tertiary/aromatic N) is 4. The molecule has 0 spiro atoms. The lowest BCUT2D eigenvalue weighted by molar-refractivity contribution is 0.391. The summed E-state index contributed by atoms with van der Waals surface area (Å²) in [6, 6.07) is 9.19. The average molecular weight is 496 g/mol. The molecule has 2 heterocycles. The van der Waals surface area contributed by atoms with Gasteiger partial charge >= 0.3 is 0 Å². The van der Waals surface area contributed by atoms with E-state index >= 15 is 0 Å². The van der Waals surface area contributed by atoms with Crippen molar-refractivity contribution in [2.75, 3.05) is 13.6 Å². The SMILES string of the molecule is CCc1ccc(CCNC(=NC)NC2CCc3nc(C(C)C)nn3C2)cc1.I. The van der Waals surface area contributed by atoms with Gasteiger partial charge in [0.1, 0.15) is 5.82 Å². The molecule has 1 aromatic heterocycles. The number of aliphatic imine (C=N–C) groups is 1. The Morgan fingerprint density at radius 2 is 1.96 bits per heavy atom. The van der Waals surface area contributed by atoms with Crippen molar-refractivity contribution in [1.29, 1.82) is 0 Å². The molecule has 7 heteroatoms. The molecule has 1 atom stereocenters. The Labute approximate surface area is 185 Å².